The van der Waals surface area contributed by atoms with Crippen LogP contribution in [-0.2, 0) is 0 Å². The van der Waals surface area contributed by atoms with Crippen LogP contribution in [-0.4, -0.2) is 6.04 Å². The molecule has 1 aliphatic carbocycles. The lowest BCUT2D eigenvalue weighted by molar-refractivity contribution is 0.166. The van der Waals surface area contributed by atoms with E-state index in [-0.39, 0.29) is 0 Å². The molecule has 1 rings (SSSR count). The highest BCUT2D eigenvalue weighted by Gasteiger charge is 2.28. The molecule has 14 heavy (non-hydrogen) atoms. The Balaban J connectivity index is 2.43. The fourth-order valence-electron chi connectivity index (χ4n) is 2.72. The van der Waals surface area contributed by atoms with Gasteiger partial charge in [0.15, 0.2) is 0 Å². The molecule has 1 saturated carbocycles. The van der Waals surface area contributed by atoms with Gasteiger partial charge in [0.05, 0.1) is 0 Å². The molecule has 0 saturated heterocycles. The molecule has 2 nitrogen and oxygen atoms in total. The maximum atomic E-state index is 5.62. The quantitative estimate of drug-likeness (QED) is 0.538. The van der Waals surface area contributed by atoms with Gasteiger partial charge in [-0.2, -0.15) is 0 Å². The fourth-order valence-corrected chi connectivity index (χ4v) is 2.72. The van der Waals surface area contributed by atoms with E-state index in [9.17, 15) is 0 Å². The van der Waals surface area contributed by atoms with Crippen molar-refractivity contribution in [1.82, 2.24) is 5.43 Å². The molecule has 0 amide bonds. The number of rotatable bonds is 4. The van der Waals surface area contributed by atoms with Crippen molar-refractivity contribution in [3.8, 4) is 0 Å². The minimum absolute atomic E-state index is 0.551. The Hall–Kier alpha value is -0.0800. The van der Waals surface area contributed by atoms with Crippen LogP contribution in [0, 0.1) is 17.8 Å². The van der Waals surface area contributed by atoms with Gasteiger partial charge < -0.3 is 0 Å². The fraction of sp³-hybridized carbons (Fsp3) is 1.00. The summed E-state index contributed by atoms with van der Waals surface area (Å²) in [6.45, 7) is 7.00. The SMILES string of the molecule is CCCC(NN)C1CCC(C)C(C)C1. The van der Waals surface area contributed by atoms with Gasteiger partial charge in [-0.3, -0.25) is 11.3 Å². The van der Waals surface area contributed by atoms with Gasteiger partial charge in [-0.05, 0) is 37.0 Å². The predicted molar refractivity (Wildman–Crippen MR) is 61.7 cm³/mol. The number of nitrogens with one attached hydrogen (secondary N) is 1. The molecule has 0 aliphatic heterocycles. The summed E-state index contributed by atoms with van der Waals surface area (Å²) in [5.41, 5.74) is 3.01. The van der Waals surface area contributed by atoms with Gasteiger partial charge in [0.1, 0.15) is 0 Å². The molecule has 84 valence electrons. The van der Waals surface area contributed by atoms with E-state index in [2.05, 4.69) is 26.2 Å². The van der Waals surface area contributed by atoms with Crippen molar-refractivity contribution in [2.75, 3.05) is 0 Å². The lowest BCUT2D eigenvalue weighted by Crippen LogP contribution is -2.43. The van der Waals surface area contributed by atoms with E-state index in [1.807, 2.05) is 0 Å². The van der Waals surface area contributed by atoms with E-state index >= 15 is 0 Å². The molecule has 0 aromatic carbocycles. The number of hydrogen-bond donors (Lipinski definition) is 2. The van der Waals surface area contributed by atoms with Crippen molar-refractivity contribution in [1.29, 1.82) is 0 Å². The summed E-state index contributed by atoms with van der Waals surface area (Å²) in [6.07, 6.45) is 6.56. The van der Waals surface area contributed by atoms with E-state index in [1.54, 1.807) is 0 Å². The summed E-state index contributed by atoms with van der Waals surface area (Å²) in [5.74, 6) is 8.22. The first kappa shape index (κ1) is 12.0. The van der Waals surface area contributed by atoms with Gasteiger partial charge in [0.25, 0.3) is 0 Å². The molecule has 4 atom stereocenters. The average Bonchev–Trinajstić information content (AvgIpc) is 2.19. The minimum Gasteiger partial charge on any atom is -0.271 e. The van der Waals surface area contributed by atoms with Gasteiger partial charge in [0.2, 0.25) is 0 Å². The molecular formula is C12H26N2. The molecule has 0 heterocycles. The normalized spacial score (nSPS) is 35.6. The van der Waals surface area contributed by atoms with Crippen molar-refractivity contribution in [3.05, 3.63) is 0 Å². The van der Waals surface area contributed by atoms with Crippen molar-refractivity contribution in [3.63, 3.8) is 0 Å². The van der Waals surface area contributed by atoms with Crippen molar-refractivity contribution < 1.29 is 0 Å². The van der Waals surface area contributed by atoms with Gasteiger partial charge in [-0.25, -0.2) is 0 Å². The molecule has 1 aliphatic rings. The van der Waals surface area contributed by atoms with Crippen LogP contribution in [0.25, 0.3) is 0 Å². The van der Waals surface area contributed by atoms with Gasteiger partial charge in [0, 0.05) is 6.04 Å². The van der Waals surface area contributed by atoms with Crippen LogP contribution in [0.3, 0.4) is 0 Å². The number of nitrogens with two attached hydrogens (primary N) is 1. The Kier molecular flexibility index (Phi) is 4.90. The molecule has 0 aromatic rings. The smallest absolute Gasteiger partial charge is 0.0238 e. The highest BCUT2D eigenvalue weighted by Crippen LogP contribution is 2.35. The standard InChI is InChI=1S/C12H26N2/c1-4-5-12(14-13)11-7-6-9(2)10(3)8-11/h9-12,14H,4-8,13H2,1-3H3. The van der Waals surface area contributed by atoms with E-state index in [1.165, 1.54) is 32.1 Å². The first-order valence-corrected chi connectivity index (χ1v) is 6.15. The summed E-state index contributed by atoms with van der Waals surface area (Å²) >= 11 is 0. The third-order valence-electron chi connectivity index (χ3n) is 4.02. The Bertz CT molecular complexity index is 158. The Morgan fingerprint density at radius 3 is 2.50 bits per heavy atom. The molecule has 3 N–H and O–H groups in total. The zero-order chi connectivity index (χ0) is 10.6. The van der Waals surface area contributed by atoms with E-state index in [4.69, 9.17) is 5.84 Å². The average molecular weight is 198 g/mol. The number of hydrogen-bond acceptors (Lipinski definition) is 2. The third kappa shape index (κ3) is 2.96. The van der Waals surface area contributed by atoms with Crippen LogP contribution in [0.5, 0.6) is 0 Å². The molecule has 0 aromatic heterocycles. The monoisotopic (exact) mass is 198 g/mol. The lowest BCUT2D eigenvalue weighted by Gasteiger charge is -2.36. The van der Waals surface area contributed by atoms with Gasteiger partial charge in [-0.1, -0.05) is 33.6 Å². The maximum absolute atomic E-state index is 5.62. The second-order valence-electron chi connectivity index (χ2n) is 5.09. The third-order valence-corrected chi connectivity index (χ3v) is 4.02. The summed E-state index contributed by atoms with van der Waals surface area (Å²) in [5, 5.41) is 0. The minimum atomic E-state index is 0.551. The molecule has 2 heteroatoms. The van der Waals surface area contributed by atoms with E-state index in [0.29, 0.717) is 6.04 Å². The largest absolute Gasteiger partial charge is 0.271 e. The molecule has 0 spiro atoms. The van der Waals surface area contributed by atoms with Gasteiger partial charge in [-0.15, -0.1) is 0 Å². The van der Waals surface area contributed by atoms with Crippen molar-refractivity contribution in [2.24, 2.45) is 23.6 Å². The Morgan fingerprint density at radius 2 is 2.00 bits per heavy atom. The van der Waals surface area contributed by atoms with Crippen LogP contribution in [0.1, 0.15) is 52.9 Å². The van der Waals surface area contributed by atoms with Crippen LogP contribution < -0.4 is 11.3 Å². The Morgan fingerprint density at radius 1 is 1.29 bits per heavy atom. The first-order chi connectivity index (χ1) is 6.69. The summed E-state index contributed by atoms with van der Waals surface area (Å²) in [4.78, 5) is 0. The number of hydrazine groups is 1. The Labute approximate surface area is 88.6 Å². The second kappa shape index (κ2) is 5.72. The topological polar surface area (TPSA) is 38.0 Å². The van der Waals surface area contributed by atoms with Crippen molar-refractivity contribution >= 4 is 0 Å². The lowest BCUT2D eigenvalue weighted by atomic mass is 9.72. The van der Waals surface area contributed by atoms with Crippen LogP contribution in [0.2, 0.25) is 0 Å². The molecule has 0 radical (unpaired) electrons. The van der Waals surface area contributed by atoms with Crippen molar-refractivity contribution in [2.45, 2.75) is 58.9 Å². The van der Waals surface area contributed by atoms with E-state index < -0.39 is 0 Å². The molecule has 1 fully saturated rings. The van der Waals surface area contributed by atoms with Crippen LogP contribution in [0.4, 0.5) is 0 Å². The summed E-state index contributed by atoms with van der Waals surface area (Å²) in [7, 11) is 0. The highest BCUT2D eigenvalue weighted by atomic mass is 15.2. The maximum Gasteiger partial charge on any atom is 0.0238 e. The summed E-state index contributed by atoms with van der Waals surface area (Å²) < 4.78 is 0. The summed E-state index contributed by atoms with van der Waals surface area (Å²) in [6, 6.07) is 0.551. The van der Waals surface area contributed by atoms with Crippen LogP contribution in [0.15, 0.2) is 0 Å². The molecule has 4 unspecified atom stereocenters. The molecule has 0 bridgehead atoms. The molecular weight excluding hydrogens is 172 g/mol. The second-order valence-corrected chi connectivity index (χ2v) is 5.09. The zero-order valence-corrected chi connectivity index (χ0v) is 9.92. The zero-order valence-electron chi connectivity index (χ0n) is 9.92. The van der Waals surface area contributed by atoms with E-state index in [0.717, 1.165) is 17.8 Å². The highest BCUT2D eigenvalue weighted by molar-refractivity contribution is 4.82. The van der Waals surface area contributed by atoms with Crippen LogP contribution >= 0.6 is 0 Å². The predicted octanol–water partition coefficient (Wildman–Crippen LogP) is 2.69. The van der Waals surface area contributed by atoms with Gasteiger partial charge >= 0.3 is 0 Å². The first-order valence-electron chi connectivity index (χ1n) is 6.15.